The zero-order valence-electron chi connectivity index (χ0n) is 17.1. The fraction of sp³-hybridized carbons (Fsp3) is 0.273. The molecule has 3 amide bonds. The van der Waals surface area contributed by atoms with Crippen molar-refractivity contribution in [2.75, 3.05) is 31.0 Å². The van der Waals surface area contributed by atoms with Gasteiger partial charge in [-0.3, -0.25) is 19.3 Å². The number of amides is 3. The van der Waals surface area contributed by atoms with Crippen LogP contribution in [0.1, 0.15) is 27.1 Å². The fourth-order valence-electron chi connectivity index (χ4n) is 3.24. The smallest absolute Gasteiger partial charge is 0.329 e. The van der Waals surface area contributed by atoms with Crippen LogP contribution < -0.4 is 10.1 Å². The first-order chi connectivity index (χ1) is 15.0. The number of benzene rings is 2. The maximum Gasteiger partial charge on any atom is 0.329 e. The Kier molecular flexibility index (Phi) is 7.30. The van der Waals surface area contributed by atoms with Crippen molar-refractivity contribution < 1.29 is 28.7 Å². The first kappa shape index (κ1) is 22.4. The van der Waals surface area contributed by atoms with Gasteiger partial charge in [-0.1, -0.05) is 24.3 Å². The molecule has 0 saturated carbocycles. The van der Waals surface area contributed by atoms with E-state index in [1.165, 1.54) is 18.9 Å². The van der Waals surface area contributed by atoms with Gasteiger partial charge in [0.05, 0.1) is 23.9 Å². The van der Waals surface area contributed by atoms with Crippen LogP contribution in [0.25, 0.3) is 0 Å². The SMILES string of the molecule is COc1ccccc1NC(=O)COC(=O)[C@H](CCSC)N1C(=O)c2ccccc2C1=O. The lowest BCUT2D eigenvalue weighted by atomic mass is 10.1. The predicted molar refractivity (Wildman–Crippen MR) is 116 cm³/mol. The van der Waals surface area contributed by atoms with Crippen molar-refractivity contribution in [1.82, 2.24) is 4.90 Å². The molecule has 8 nitrogen and oxygen atoms in total. The minimum absolute atomic E-state index is 0.222. The molecule has 2 aromatic carbocycles. The lowest BCUT2D eigenvalue weighted by Crippen LogP contribution is -2.46. The summed E-state index contributed by atoms with van der Waals surface area (Å²) in [5, 5.41) is 2.61. The van der Waals surface area contributed by atoms with Crippen LogP contribution in [0, 0.1) is 0 Å². The van der Waals surface area contributed by atoms with Gasteiger partial charge in [0, 0.05) is 0 Å². The van der Waals surface area contributed by atoms with Crippen molar-refractivity contribution in [2.24, 2.45) is 0 Å². The molecule has 1 aliphatic rings. The second kappa shape index (κ2) is 10.1. The average Bonchev–Trinajstić information content (AvgIpc) is 3.03. The summed E-state index contributed by atoms with van der Waals surface area (Å²) in [6.07, 6.45) is 2.07. The van der Waals surface area contributed by atoms with Gasteiger partial charge < -0.3 is 14.8 Å². The molecule has 1 atom stereocenters. The lowest BCUT2D eigenvalue weighted by molar-refractivity contribution is -0.151. The highest BCUT2D eigenvalue weighted by molar-refractivity contribution is 7.98. The normalized spacial score (nSPS) is 13.5. The summed E-state index contributed by atoms with van der Waals surface area (Å²) in [5.74, 6) is -1.46. The monoisotopic (exact) mass is 442 g/mol. The molecule has 0 unspecified atom stereocenters. The molecule has 2 aromatic rings. The van der Waals surface area contributed by atoms with E-state index in [0.717, 1.165) is 4.90 Å². The summed E-state index contributed by atoms with van der Waals surface area (Å²) >= 11 is 1.47. The van der Waals surface area contributed by atoms with Gasteiger partial charge >= 0.3 is 5.97 Å². The number of methoxy groups -OCH3 is 1. The summed E-state index contributed by atoms with van der Waals surface area (Å²) in [6, 6.07) is 12.1. The van der Waals surface area contributed by atoms with Crippen molar-refractivity contribution in [2.45, 2.75) is 12.5 Å². The average molecular weight is 442 g/mol. The molecule has 0 aromatic heterocycles. The number of imide groups is 1. The van der Waals surface area contributed by atoms with E-state index >= 15 is 0 Å². The molecule has 31 heavy (non-hydrogen) atoms. The van der Waals surface area contributed by atoms with Gasteiger partial charge in [0.2, 0.25) is 0 Å². The highest BCUT2D eigenvalue weighted by Gasteiger charge is 2.43. The van der Waals surface area contributed by atoms with Crippen LogP contribution in [0.15, 0.2) is 48.5 Å². The van der Waals surface area contributed by atoms with Gasteiger partial charge in [-0.2, -0.15) is 11.8 Å². The molecule has 0 aliphatic carbocycles. The largest absolute Gasteiger partial charge is 0.495 e. The van der Waals surface area contributed by atoms with Crippen molar-refractivity contribution in [3.63, 3.8) is 0 Å². The molecular formula is C22H22N2O6S. The first-order valence-corrected chi connectivity index (χ1v) is 10.9. The van der Waals surface area contributed by atoms with Crippen LogP contribution in [0.3, 0.4) is 0 Å². The number of nitrogens with zero attached hydrogens (tertiary/aromatic N) is 1. The number of hydrogen-bond donors (Lipinski definition) is 1. The third-order valence-electron chi connectivity index (χ3n) is 4.73. The molecular weight excluding hydrogens is 420 g/mol. The summed E-state index contributed by atoms with van der Waals surface area (Å²) < 4.78 is 10.3. The maximum absolute atomic E-state index is 12.8. The second-order valence-electron chi connectivity index (χ2n) is 6.68. The zero-order chi connectivity index (χ0) is 22.4. The van der Waals surface area contributed by atoms with Crippen LogP contribution >= 0.6 is 11.8 Å². The number of thioether (sulfide) groups is 1. The Hall–Kier alpha value is -3.33. The number of nitrogens with one attached hydrogen (secondary N) is 1. The Bertz CT molecular complexity index is 974. The lowest BCUT2D eigenvalue weighted by Gasteiger charge is -2.24. The Morgan fingerprint density at radius 1 is 1.03 bits per heavy atom. The highest BCUT2D eigenvalue weighted by atomic mass is 32.2. The number of anilines is 1. The van der Waals surface area contributed by atoms with Crippen molar-refractivity contribution in [3.8, 4) is 5.75 Å². The fourth-order valence-corrected chi connectivity index (χ4v) is 3.70. The Morgan fingerprint density at radius 3 is 2.26 bits per heavy atom. The van der Waals surface area contributed by atoms with E-state index in [4.69, 9.17) is 9.47 Å². The molecule has 9 heteroatoms. The zero-order valence-corrected chi connectivity index (χ0v) is 17.9. The number of rotatable bonds is 9. The van der Waals surface area contributed by atoms with Crippen molar-refractivity contribution in [1.29, 1.82) is 0 Å². The molecule has 0 spiro atoms. The number of carbonyl (C=O) groups is 4. The third-order valence-corrected chi connectivity index (χ3v) is 5.38. The number of hydrogen-bond acceptors (Lipinski definition) is 7. The van der Waals surface area contributed by atoms with Crippen LogP contribution in [0.5, 0.6) is 5.75 Å². The maximum atomic E-state index is 12.8. The van der Waals surface area contributed by atoms with Gasteiger partial charge in [0.1, 0.15) is 11.8 Å². The first-order valence-electron chi connectivity index (χ1n) is 9.53. The number of ether oxygens (including phenoxy) is 2. The minimum Gasteiger partial charge on any atom is -0.495 e. The van der Waals surface area contributed by atoms with E-state index in [1.54, 1.807) is 48.5 Å². The van der Waals surface area contributed by atoms with Crippen LogP contribution in [0.4, 0.5) is 5.69 Å². The number of carbonyl (C=O) groups excluding carboxylic acids is 4. The molecule has 0 fully saturated rings. The summed E-state index contributed by atoms with van der Waals surface area (Å²) in [4.78, 5) is 51.5. The molecule has 0 radical (unpaired) electrons. The topological polar surface area (TPSA) is 102 Å². The van der Waals surface area contributed by atoms with Gasteiger partial charge in [-0.25, -0.2) is 4.79 Å². The highest BCUT2D eigenvalue weighted by Crippen LogP contribution is 2.27. The van der Waals surface area contributed by atoms with E-state index in [1.807, 2.05) is 6.26 Å². The Balaban J connectivity index is 1.69. The Morgan fingerprint density at radius 2 is 1.65 bits per heavy atom. The quantitative estimate of drug-likeness (QED) is 0.470. The predicted octanol–water partition coefficient (Wildman–Crippen LogP) is 2.59. The summed E-state index contributed by atoms with van der Waals surface area (Å²) in [7, 11) is 1.48. The third kappa shape index (κ3) is 4.88. The van der Waals surface area contributed by atoms with E-state index < -0.39 is 36.3 Å². The van der Waals surface area contributed by atoms with Gasteiger partial charge in [-0.15, -0.1) is 0 Å². The van der Waals surface area contributed by atoms with E-state index in [2.05, 4.69) is 5.32 Å². The van der Waals surface area contributed by atoms with Crippen LogP contribution in [0.2, 0.25) is 0 Å². The Labute approximate surface area is 183 Å². The summed E-state index contributed by atoms with van der Waals surface area (Å²) in [5.41, 5.74) is 0.942. The molecule has 1 heterocycles. The van der Waals surface area contributed by atoms with Crippen LogP contribution in [-0.2, 0) is 14.3 Å². The van der Waals surface area contributed by atoms with Crippen LogP contribution in [-0.4, -0.2) is 60.4 Å². The van der Waals surface area contributed by atoms with E-state index in [9.17, 15) is 19.2 Å². The van der Waals surface area contributed by atoms with Gasteiger partial charge in [-0.05, 0) is 42.7 Å². The van der Waals surface area contributed by atoms with Crippen molar-refractivity contribution >= 4 is 41.1 Å². The van der Waals surface area contributed by atoms with Gasteiger partial charge in [0.15, 0.2) is 6.61 Å². The minimum atomic E-state index is -1.11. The summed E-state index contributed by atoms with van der Waals surface area (Å²) in [6.45, 7) is -0.560. The van der Waals surface area contributed by atoms with Gasteiger partial charge in [0.25, 0.3) is 17.7 Å². The van der Waals surface area contributed by atoms with Crippen molar-refractivity contribution in [3.05, 3.63) is 59.7 Å². The molecule has 3 rings (SSSR count). The molecule has 162 valence electrons. The number of para-hydroxylation sites is 2. The van der Waals surface area contributed by atoms with E-state index in [0.29, 0.717) is 17.2 Å². The van der Waals surface area contributed by atoms with E-state index in [-0.39, 0.29) is 17.5 Å². The molecule has 1 N–H and O–H groups in total. The standard InChI is InChI=1S/C22H22N2O6S/c1-29-18-10-6-5-9-16(18)23-19(25)13-30-22(28)17(11-12-31-2)24-20(26)14-7-3-4-8-15(14)21(24)27/h3-10,17H,11-13H2,1-2H3,(H,23,25)/t17-/m0/s1. The molecule has 1 aliphatic heterocycles. The number of esters is 1. The second-order valence-corrected chi connectivity index (χ2v) is 7.66. The molecule has 0 bridgehead atoms. The molecule has 0 saturated heterocycles. The number of fused-ring (bicyclic) bond motifs is 1.